The highest BCUT2D eigenvalue weighted by Gasteiger charge is 2.51. The van der Waals surface area contributed by atoms with Gasteiger partial charge in [0.25, 0.3) is 0 Å². The number of rotatable bonds is 2. The van der Waals surface area contributed by atoms with Gasteiger partial charge >= 0.3 is 11.8 Å². The first kappa shape index (κ1) is 21.1. The van der Waals surface area contributed by atoms with Crippen LogP contribution in [0.2, 0.25) is 0 Å². The minimum atomic E-state index is -3.22. The summed E-state index contributed by atoms with van der Waals surface area (Å²) in [4.78, 5) is 6.30. The lowest BCUT2D eigenvalue weighted by Crippen LogP contribution is -2.13. The number of alkyl halides is 4. The number of aryl methyl sites for hydroxylation is 2. The molecule has 5 aromatic rings. The van der Waals surface area contributed by atoms with Gasteiger partial charge in [-0.25, -0.2) is 0 Å². The summed E-state index contributed by atoms with van der Waals surface area (Å²) in [6.45, 7) is 3.93. The maximum Gasteiger partial charge on any atom is 0.300 e. The highest BCUT2D eigenvalue weighted by molar-refractivity contribution is 7.24. The van der Waals surface area contributed by atoms with E-state index in [4.69, 9.17) is 0 Å². The largest absolute Gasteiger partial charge is 0.300 e. The molecule has 0 saturated carbocycles. The van der Waals surface area contributed by atoms with Gasteiger partial charge in [0.1, 0.15) is 0 Å². The SMILES string of the molecule is Cc1ccc(-c2cc3c(s2)-c2cc4c(cc2C3(F)F)-c2sc(-c3ccc(C)s3)cc2C4(F)F)s1. The van der Waals surface area contributed by atoms with E-state index >= 15 is 17.6 Å². The van der Waals surface area contributed by atoms with E-state index in [1.807, 2.05) is 38.1 Å². The molecule has 2 aliphatic rings. The molecule has 0 saturated heterocycles. The van der Waals surface area contributed by atoms with Gasteiger partial charge in [-0.1, -0.05) is 0 Å². The molecule has 7 rings (SSSR count). The van der Waals surface area contributed by atoms with Gasteiger partial charge in [0.05, 0.1) is 0 Å². The Bertz CT molecular complexity index is 1520. The molecule has 4 aromatic heterocycles. The quantitative estimate of drug-likeness (QED) is 0.199. The lowest BCUT2D eigenvalue weighted by atomic mass is 9.99. The Kier molecular flexibility index (Phi) is 4.14. The van der Waals surface area contributed by atoms with Crippen LogP contribution >= 0.6 is 45.3 Å². The third-order valence-corrected chi connectivity index (χ3v) is 11.2. The standard InChI is InChI=1S/C26H14F4S4/c1-11-3-5-19(31-11)21-9-17-23(33-21)13-7-16-14(8-15(13)25(17,27)28)24-18(26(16,29)30)10-22(34-24)20-6-4-12(2)32-20/h3-10H,1-2H3. The summed E-state index contributed by atoms with van der Waals surface area (Å²) < 4.78 is 62.4. The van der Waals surface area contributed by atoms with Crippen LogP contribution in [0.25, 0.3) is 40.4 Å². The van der Waals surface area contributed by atoms with Crippen molar-refractivity contribution in [1.82, 2.24) is 0 Å². The van der Waals surface area contributed by atoms with Crippen LogP contribution in [0.15, 0.2) is 48.5 Å². The van der Waals surface area contributed by atoms with Gasteiger partial charge in [-0.3, -0.25) is 0 Å². The first-order chi connectivity index (χ1) is 16.1. The lowest BCUT2D eigenvalue weighted by molar-refractivity contribution is 0.0453. The highest BCUT2D eigenvalue weighted by Crippen LogP contribution is 2.62. The summed E-state index contributed by atoms with van der Waals surface area (Å²) in [5, 5.41) is 0. The zero-order valence-corrected chi connectivity index (χ0v) is 21.0. The summed E-state index contributed by atoms with van der Waals surface area (Å²) in [5.41, 5.74) is -0.0539. The average molecular weight is 531 g/mol. The van der Waals surface area contributed by atoms with Crippen molar-refractivity contribution in [1.29, 1.82) is 0 Å². The minimum Gasteiger partial charge on any atom is -0.196 e. The molecule has 4 heterocycles. The topological polar surface area (TPSA) is 0 Å². The van der Waals surface area contributed by atoms with E-state index in [1.54, 1.807) is 22.7 Å². The molecule has 0 aliphatic heterocycles. The second kappa shape index (κ2) is 6.69. The molecule has 0 amide bonds. The average Bonchev–Trinajstić information content (AvgIpc) is 3.58. The molecule has 0 N–H and O–H groups in total. The third-order valence-electron chi connectivity index (χ3n) is 6.43. The Labute approximate surface area is 208 Å². The predicted molar refractivity (Wildman–Crippen MR) is 135 cm³/mol. The Balaban J connectivity index is 1.40. The number of fused-ring (bicyclic) bond motifs is 6. The van der Waals surface area contributed by atoms with Crippen LogP contribution in [0, 0.1) is 13.8 Å². The molecule has 1 aromatic carbocycles. The number of halogens is 4. The van der Waals surface area contributed by atoms with Crippen molar-refractivity contribution < 1.29 is 17.6 Å². The molecule has 0 unspecified atom stereocenters. The first-order valence-electron chi connectivity index (χ1n) is 10.5. The molecular formula is C26H14F4S4. The number of thiophene rings is 4. The van der Waals surface area contributed by atoms with Gasteiger partial charge in [0.15, 0.2) is 0 Å². The Morgan fingerprint density at radius 2 is 0.912 bits per heavy atom. The van der Waals surface area contributed by atoms with Gasteiger partial charge in [-0.2, -0.15) is 17.6 Å². The van der Waals surface area contributed by atoms with Crippen LogP contribution in [-0.2, 0) is 11.8 Å². The Morgan fingerprint density at radius 1 is 0.500 bits per heavy atom. The normalized spacial score (nSPS) is 16.4. The summed E-state index contributed by atoms with van der Waals surface area (Å²) in [7, 11) is 0. The van der Waals surface area contributed by atoms with Crippen LogP contribution < -0.4 is 0 Å². The molecule has 0 bridgehead atoms. The second-order valence-electron chi connectivity index (χ2n) is 8.62. The second-order valence-corrected chi connectivity index (χ2v) is 13.3. The van der Waals surface area contributed by atoms with Crippen LogP contribution in [0.1, 0.15) is 32.0 Å². The van der Waals surface area contributed by atoms with E-state index in [0.717, 1.165) is 29.3 Å². The minimum absolute atomic E-state index is 0.0818. The van der Waals surface area contributed by atoms with E-state index in [1.165, 1.54) is 46.9 Å². The Morgan fingerprint density at radius 3 is 1.26 bits per heavy atom. The molecule has 34 heavy (non-hydrogen) atoms. The molecular weight excluding hydrogens is 517 g/mol. The van der Waals surface area contributed by atoms with Gasteiger partial charge in [-0.15, -0.1) is 45.3 Å². The molecule has 0 spiro atoms. The maximum absolute atomic E-state index is 15.6. The first-order valence-corrected chi connectivity index (χ1v) is 13.8. The van der Waals surface area contributed by atoms with Crippen LogP contribution in [0.3, 0.4) is 0 Å². The molecule has 0 nitrogen and oxygen atoms in total. The fourth-order valence-corrected chi connectivity index (χ4v) is 9.15. The highest BCUT2D eigenvalue weighted by atomic mass is 32.1. The van der Waals surface area contributed by atoms with E-state index in [2.05, 4.69) is 0 Å². The Hall–Kier alpha value is -2.26. The van der Waals surface area contributed by atoms with Crippen molar-refractivity contribution in [2.75, 3.05) is 0 Å². The van der Waals surface area contributed by atoms with Gasteiger partial charge in [0, 0.05) is 72.4 Å². The molecule has 0 fully saturated rings. The monoisotopic (exact) mass is 530 g/mol. The van der Waals surface area contributed by atoms with Gasteiger partial charge in [-0.05, 0) is 62.4 Å². The van der Waals surface area contributed by atoms with Crippen molar-refractivity contribution in [3.63, 3.8) is 0 Å². The molecule has 2 aliphatic carbocycles. The van der Waals surface area contributed by atoms with Crippen LogP contribution in [-0.4, -0.2) is 0 Å². The van der Waals surface area contributed by atoms with Gasteiger partial charge in [0.2, 0.25) is 0 Å². The lowest BCUT2D eigenvalue weighted by Gasteiger charge is -2.16. The van der Waals surface area contributed by atoms with E-state index in [0.29, 0.717) is 9.75 Å². The summed E-state index contributed by atoms with van der Waals surface area (Å²) in [5.74, 6) is -6.44. The molecule has 8 heteroatoms. The van der Waals surface area contributed by atoms with Crippen molar-refractivity contribution in [3.8, 4) is 40.4 Å². The van der Waals surface area contributed by atoms with E-state index in [9.17, 15) is 0 Å². The summed E-state index contributed by atoms with van der Waals surface area (Å²) >= 11 is 5.59. The zero-order chi connectivity index (χ0) is 23.6. The smallest absolute Gasteiger partial charge is 0.196 e. The fraction of sp³-hybridized carbons (Fsp3) is 0.154. The molecule has 170 valence electrons. The van der Waals surface area contributed by atoms with Crippen molar-refractivity contribution >= 4 is 45.3 Å². The number of hydrogen-bond acceptors (Lipinski definition) is 4. The van der Waals surface area contributed by atoms with E-state index in [-0.39, 0.29) is 33.4 Å². The fourth-order valence-electron chi connectivity index (χ4n) is 4.81. The zero-order valence-electron chi connectivity index (χ0n) is 17.8. The number of hydrogen-bond donors (Lipinski definition) is 0. The summed E-state index contributed by atoms with van der Waals surface area (Å²) in [6, 6.07) is 13.4. The van der Waals surface area contributed by atoms with Gasteiger partial charge < -0.3 is 0 Å². The summed E-state index contributed by atoms with van der Waals surface area (Å²) in [6.07, 6.45) is 0. The van der Waals surface area contributed by atoms with Crippen molar-refractivity contribution in [2.45, 2.75) is 25.7 Å². The predicted octanol–water partition coefficient (Wildman–Crippen LogP) is 10.1. The van der Waals surface area contributed by atoms with Crippen LogP contribution in [0.4, 0.5) is 17.6 Å². The third kappa shape index (κ3) is 2.68. The van der Waals surface area contributed by atoms with Crippen LogP contribution in [0.5, 0.6) is 0 Å². The van der Waals surface area contributed by atoms with E-state index < -0.39 is 11.8 Å². The van der Waals surface area contributed by atoms with Crippen molar-refractivity contribution in [2.24, 2.45) is 0 Å². The van der Waals surface area contributed by atoms with Crippen molar-refractivity contribution in [3.05, 3.63) is 80.5 Å². The number of benzene rings is 1. The molecule has 0 radical (unpaired) electrons. The molecule has 0 atom stereocenters. The maximum atomic E-state index is 15.6.